The van der Waals surface area contributed by atoms with Gasteiger partial charge in [0, 0.05) is 51.1 Å². The van der Waals surface area contributed by atoms with E-state index in [1.807, 2.05) is 23.1 Å². The molecule has 41 heavy (non-hydrogen) atoms. The van der Waals surface area contributed by atoms with Crippen molar-refractivity contribution in [3.63, 3.8) is 0 Å². The van der Waals surface area contributed by atoms with Crippen LogP contribution in [-0.4, -0.2) is 77.6 Å². The van der Waals surface area contributed by atoms with E-state index in [0.29, 0.717) is 11.9 Å². The topological polar surface area (TPSA) is 122 Å². The lowest BCUT2D eigenvalue weighted by Gasteiger charge is -2.41. The van der Waals surface area contributed by atoms with Crippen LogP contribution in [0.1, 0.15) is 50.0 Å². The van der Waals surface area contributed by atoms with E-state index in [2.05, 4.69) is 54.9 Å². The van der Waals surface area contributed by atoms with E-state index in [1.165, 1.54) is 11.9 Å². The van der Waals surface area contributed by atoms with Gasteiger partial charge < -0.3 is 15.6 Å². The highest BCUT2D eigenvalue weighted by atomic mass is 16.2. The summed E-state index contributed by atoms with van der Waals surface area (Å²) < 4.78 is 2.09. The number of nitrogens with one attached hydrogen (secondary N) is 1. The number of piperazine rings is 1. The van der Waals surface area contributed by atoms with Gasteiger partial charge in [-0.15, -0.1) is 0 Å². The first-order valence-corrected chi connectivity index (χ1v) is 14.5. The van der Waals surface area contributed by atoms with Crippen LogP contribution in [0.5, 0.6) is 0 Å². The first kappa shape index (κ1) is 25.6. The van der Waals surface area contributed by atoms with Crippen LogP contribution >= 0.6 is 0 Å². The number of imidazole rings is 1. The summed E-state index contributed by atoms with van der Waals surface area (Å²) in [6.07, 6.45) is 6.54. The Morgan fingerprint density at radius 2 is 1.73 bits per heavy atom. The quantitative estimate of drug-likeness (QED) is 0.337. The van der Waals surface area contributed by atoms with Crippen molar-refractivity contribution in [3.8, 4) is 11.3 Å². The summed E-state index contributed by atoms with van der Waals surface area (Å²) in [5, 5.41) is 5.93. The maximum Gasteiger partial charge on any atom is 0.219 e. The van der Waals surface area contributed by atoms with E-state index >= 15 is 0 Å². The van der Waals surface area contributed by atoms with Gasteiger partial charge in [0.15, 0.2) is 5.65 Å². The zero-order chi connectivity index (χ0) is 27.9. The highest BCUT2D eigenvalue weighted by molar-refractivity contribution is 5.99. The number of hydrogen-bond donors (Lipinski definition) is 2. The molecule has 10 heteroatoms. The molecule has 2 aromatic carbocycles. The highest BCUT2D eigenvalue weighted by Crippen LogP contribution is 2.37. The molecule has 10 nitrogen and oxygen atoms in total. The number of anilines is 1. The van der Waals surface area contributed by atoms with Gasteiger partial charge in [0.05, 0.1) is 22.5 Å². The van der Waals surface area contributed by atoms with E-state index in [0.717, 1.165) is 97.4 Å². The number of nitrogens with two attached hydrogens (primary N) is 1. The van der Waals surface area contributed by atoms with E-state index in [4.69, 9.17) is 15.8 Å². The van der Waals surface area contributed by atoms with E-state index in [1.54, 1.807) is 6.92 Å². The largest absolute Gasteiger partial charge is 0.383 e. The van der Waals surface area contributed by atoms with Crippen LogP contribution in [0.4, 0.5) is 5.82 Å². The van der Waals surface area contributed by atoms with Crippen LogP contribution in [0.15, 0.2) is 54.9 Å². The fourth-order valence-corrected chi connectivity index (χ4v) is 6.60. The molecule has 1 saturated carbocycles. The first-order valence-electron chi connectivity index (χ1n) is 14.5. The van der Waals surface area contributed by atoms with E-state index in [-0.39, 0.29) is 11.9 Å². The van der Waals surface area contributed by atoms with Gasteiger partial charge in [-0.05, 0) is 43.4 Å². The minimum Gasteiger partial charge on any atom is -0.383 e. The molecule has 1 saturated heterocycles. The van der Waals surface area contributed by atoms with Gasteiger partial charge in [-0.3, -0.25) is 9.69 Å². The molecular weight excluding hydrogens is 514 g/mol. The fourth-order valence-electron chi connectivity index (χ4n) is 6.60. The lowest BCUT2D eigenvalue weighted by Crippen LogP contribution is -2.52. The van der Waals surface area contributed by atoms with Crippen molar-refractivity contribution in [2.45, 2.75) is 51.1 Å². The first-order chi connectivity index (χ1) is 20.0. The van der Waals surface area contributed by atoms with Crippen LogP contribution in [-0.2, 0) is 11.2 Å². The van der Waals surface area contributed by atoms with Crippen molar-refractivity contribution in [1.82, 2.24) is 39.5 Å². The Morgan fingerprint density at radius 1 is 0.976 bits per heavy atom. The zero-order valence-corrected chi connectivity index (χ0v) is 23.3. The Hall–Kier alpha value is -4.31. The summed E-state index contributed by atoms with van der Waals surface area (Å²) in [5.74, 6) is 1.55. The third-order valence-corrected chi connectivity index (χ3v) is 8.83. The molecule has 2 aliphatic rings. The molecule has 0 radical (unpaired) electrons. The van der Waals surface area contributed by atoms with E-state index in [9.17, 15) is 4.79 Å². The summed E-state index contributed by atoms with van der Waals surface area (Å²) in [7, 11) is 0. The highest BCUT2D eigenvalue weighted by Gasteiger charge is 2.31. The van der Waals surface area contributed by atoms with Crippen LogP contribution in [0.25, 0.3) is 33.3 Å². The third kappa shape index (κ3) is 4.93. The van der Waals surface area contributed by atoms with Gasteiger partial charge in [-0.25, -0.2) is 19.6 Å². The summed E-state index contributed by atoms with van der Waals surface area (Å²) in [6, 6.07) is 17.4. The summed E-state index contributed by atoms with van der Waals surface area (Å²) in [5.41, 5.74) is 12.1. The summed E-state index contributed by atoms with van der Waals surface area (Å²) >= 11 is 0. The average molecular weight is 550 g/mol. The molecule has 1 aliphatic heterocycles. The molecule has 4 heterocycles. The van der Waals surface area contributed by atoms with Gasteiger partial charge in [-0.1, -0.05) is 36.4 Å². The number of nitrogen functional groups attached to an aromatic ring is 1. The standard InChI is InChI=1S/C31H35N9O/c1-20(41)38-13-15-39(16-14-38)23-8-10-24(11-9-23)40-31-28(30(32)33-19-34-31)29(37-40)22-7-12-25-26(18-22)36-27(35-25)17-21-5-3-2-4-6-21/h2-7,12,18-19,23-24H,8-11,13-17H2,1H3,(H,35,36)(H2,32,33,34)/t23-,24+. The predicted molar refractivity (Wildman–Crippen MR) is 159 cm³/mol. The number of fused-ring (bicyclic) bond motifs is 2. The Morgan fingerprint density at radius 3 is 2.49 bits per heavy atom. The molecular formula is C31H35N9O. The number of carbonyl (C=O) groups excluding carboxylic acids is 1. The molecule has 3 aromatic heterocycles. The minimum atomic E-state index is 0.176. The molecule has 210 valence electrons. The minimum absolute atomic E-state index is 0.176. The molecule has 0 unspecified atom stereocenters. The SMILES string of the molecule is CC(=O)N1CCN([C@H]2CC[C@@H](n3nc(-c4ccc5[nH]c(Cc6ccccc6)nc5c4)c4c(N)ncnc43)CC2)CC1. The van der Waals surface area contributed by atoms with Crippen molar-refractivity contribution in [2.24, 2.45) is 0 Å². The van der Waals surface area contributed by atoms with Crippen molar-refractivity contribution >= 4 is 33.8 Å². The van der Waals surface area contributed by atoms with Crippen molar-refractivity contribution in [1.29, 1.82) is 0 Å². The van der Waals surface area contributed by atoms with Crippen LogP contribution in [0.3, 0.4) is 0 Å². The van der Waals surface area contributed by atoms with Gasteiger partial charge >= 0.3 is 0 Å². The van der Waals surface area contributed by atoms with Crippen molar-refractivity contribution in [3.05, 3.63) is 66.2 Å². The molecule has 1 aliphatic carbocycles. The summed E-state index contributed by atoms with van der Waals surface area (Å²) in [6.45, 7) is 5.22. The molecule has 1 amide bonds. The average Bonchev–Trinajstić information content (AvgIpc) is 3.59. The molecule has 0 bridgehead atoms. The lowest BCUT2D eigenvalue weighted by atomic mass is 9.90. The van der Waals surface area contributed by atoms with Gasteiger partial charge in [0.2, 0.25) is 5.91 Å². The second kappa shape index (κ2) is 10.6. The lowest BCUT2D eigenvalue weighted by molar-refractivity contribution is -0.131. The Labute approximate surface area is 238 Å². The second-order valence-electron chi connectivity index (χ2n) is 11.3. The zero-order valence-electron chi connectivity index (χ0n) is 23.3. The van der Waals surface area contributed by atoms with Crippen LogP contribution in [0, 0.1) is 0 Å². The number of aromatic amines is 1. The molecule has 2 fully saturated rings. The third-order valence-electron chi connectivity index (χ3n) is 8.83. The normalized spacial score (nSPS) is 20.2. The maximum absolute atomic E-state index is 11.7. The number of aromatic nitrogens is 6. The molecule has 7 rings (SSSR count). The smallest absolute Gasteiger partial charge is 0.219 e. The van der Waals surface area contributed by atoms with Gasteiger partial charge in [0.1, 0.15) is 23.7 Å². The summed E-state index contributed by atoms with van der Waals surface area (Å²) in [4.78, 5) is 33.5. The monoisotopic (exact) mass is 549 g/mol. The molecule has 3 N–H and O–H groups in total. The molecule has 0 atom stereocenters. The Bertz CT molecular complexity index is 1690. The number of amides is 1. The van der Waals surface area contributed by atoms with Crippen molar-refractivity contribution in [2.75, 3.05) is 31.9 Å². The number of rotatable bonds is 5. The number of hydrogen-bond acceptors (Lipinski definition) is 7. The molecule has 5 aromatic rings. The maximum atomic E-state index is 11.7. The second-order valence-corrected chi connectivity index (χ2v) is 11.3. The van der Waals surface area contributed by atoms with Gasteiger partial charge in [0.25, 0.3) is 0 Å². The van der Waals surface area contributed by atoms with E-state index < -0.39 is 0 Å². The Kier molecular flexibility index (Phi) is 6.62. The Balaban J connectivity index is 1.14. The van der Waals surface area contributed by atoms with Gasteiger partial charge in [-0.2, -0.15) is 5.10 Å². The number of nitrogens with zero attached hydrogens (tertiary/aromatic N) is 7. The number of H-pyrrole nitrogens is 1. The predicted octanol–water partition coefficient (Wildman–Crippen LogP) is 4.19. The number of benzene rings is 2. The number of carbonyl (C=O) groups is 1. The van der Waals surface area contributed by atoms with Crippen LogP contribution < -0.4 is 5.73 Å². The molecule has 0 spiro atoms. The van der Waals surface area contributed by atoms with Crippen molar-refractivity contribution < 1.29 is 4.79 Å². The fraction of sp³-hybridized carbons (Fsp3) is 0.387. The van der Waals surface area contributed by atoms with Crippen LogP contribution in [0.2, 0.25) is 0 Å².